The fourth-order valence-corrected chi connectivity index (χ4v) is 5.82. The largest absolute Gasteiger partial charge is 0.371 e. The van der Waals surface area contributed by atoms with Gasteiger partial charge in [0.1, 0.15) is 6.04 Å². The van der Waals surface area contributed by atoms with Gasteiger partial charge in [-0.15, -0.1) is 0 Å². The predicted octanol–water partition coefficient (Wildman–Crippen LogP) is 3.02. The number of anilines is 2. The Morgan fingerprint density at radius 1 is 1.10 bits per heavy atom. The molecule has 1 aliphatic carbocycles. The number of hydrogen-bond acceptors (Lipinski definition) is 5. The Hall–Kier alpha value is -2.87. The normalized spacial score (nSPS) is 18.7. The molecular formula is C23H27N3O4S. The van der Waals surface area contributed by atoms with Crippen molar-refractivity contribution in [1.29, 1.82) is 0 Å². The molecule has 1 saturated carbocycles. The number of fused-ring (bicyclic) bond motifs is 1. The number of carbonyl (C=O) groups excluding carboxylic acids is 2. The van der Waals surface area contributed by atoms with Crippen molar-refractivity contribution < 1.29 is 18.0 Å². The van der Waals surface area contributed by atoms with Gasteiger partial charge in [-0.1, -0.05) is 37.1 Å². The van der Waals surface area contributed by atoms with E-state index in [1.807, 2.05) is 19.1 Å². The molecule has 8 heteroatoms. The summed E-state index contributed by atoms with van der Waals surface area (Å²) in [5.41, 5.74) is 3.20. The van der Waals surface area contributed by atoms with Crippen molar-refractivity contribution in [2.24, 2.45) is 0 Å². The van der Waals surface area contributed by atoms with Gasteiger partial charge in [-0.3, -0.25) is 9.59 Å². The Morgan fingerprint density at radius 3 is 2.58 bits per heavy atom. The first-order valence-corrected chi connectivity index (χ1v) is 12.4. The number of aryl methyl sites for hydroxylation is 1. The Labute approximate surface area is 182 Å². The molecule has 3 N–H and O–H groups in total. The van der Waals surface area contributed by atoms with Crippen LogP contribution in [0.4, 0.5) is 11.4 Å². The molecule has 0 aromatic heterocycles. The smallest absolute Gasteiger partial charge is 0.251 e. The third-order valence-electron chi connectivity index (χ3n) is 5.93. The summed E-state index contributed by atoms with van der Waals surface area (Å²) in [6, 6.07) is 11.7. The van der Waals surface area contributed by atoms with Crippen molar-refractivity contribution in [2.75, 3.05) is 16.4 Å². The van der Waals surface area contributed by atoms with Crippen LogP contribution in [0, 0.1) is 6.92 Å². The fraction of sp³-hybridized carbons (Fsp3) is 0.391. The van der Waals surface area contributed by atoms with E-state index in [2.05, 4.69) is 16.0 Å². The van der Waals surface area contributed by atoms with E-state index in [1.54, 1.807) is 30.3 Å². The quantitative estimate of drug-likeness (QED) is 0.639. The molecule has 31 heavy (non-hydrogen) atoms. The first-order chi connectivity index (χ1) is 14.8. The van der Waals surface area contributed by atoms with Crippen LogP contribution < -0.4 is 16.0 Å². The topological polar surface area (TPSA) is 104 Å². The Morgan fingerprint density at radius 2 is 1.84 bits per heavy atom. The highest BCUT2D eigenvalue weighted by atomic mass is 32.2. The maximum Gasteiger partial charge on any atom is 0.251 e. The third kappa shape index (κ3) is 5.07. The van der Waals surface area contributed by atoms with Crippen LogP contribution in [0.5, 0.6) is 0 Å². The van der Waals surface area contributed by atoms with Crippen molar-refractivity contribution >= 4 is 33.0 Å². The van der Waals surface area contributed by atoms with Gasteiger partial charge in [0, 0.05) is 11.6 Å². The van der Waals surface area contributed by atoms with E-state index in [-0.39, 0.29) is 23.5 Å². The fourth-order valence-electron chi connectivity index (χ4n) is 4.17. The second-order valence-electron chi connectivity index (χ2n) is 8.38. The summed E-state index contributed by atoms with van der Waals surface area (Å²) in [5, 5.41) is 8.80. The number of nitrogens with one attached hydrogen (secondary N) is 3. The van der Waals surface area contributed by atoms with Crippen LogP contribution >= 0.6 is 0 Å². The first-order valence-electron chi connectivity index (χ1n) is 10.6. The Balaban J connectivity index is 1.44. The van der Waals surface area contributed by atoms with Crippen LogP contribution in [0.15, 0.2) is 42.5 Å². The zero-order chi connectivity index (χ0) is 22.0. The van der Waals surface area contributed by atoms with E-state index in [0.717, 1.165) is 36.8 Å². The second kappa shape index (κ2) is 8.70. The van der Waals surface area contributed by atoms with Crippen LogP contribution in [0.25, 0.3) is 0 Å². The van der Waals surface area contributed by atoms with E-state index in [9.17, 15) is 18.0 Å². The lowest BCUT2D eigenvalue weighted by Crippen LogP contribution is -2.43. The molecule has 2 aliphatic rings. The zero-order valence-corrected chi connectivity index (χ0v) is 18.3. The minimum Gasteiger partial charge on any atom is -0.371 e. The van der Waals surface area contributed by atoms with Crippen molar-refractivity contribution in [3.8, 4) is 0 Å². The van der Waals surface area contributed by atoms with Gasteiger partial charge >= 0.3 is 0 Å². The van der Waals surface area contributed by atoms with Crippen molar-refractivity contribution in [3.63, 3.8) is 0 Å². The molecule has 164 valence electrons. The summed E-state index contributed by atoms with van der Waals surface area (Å²) < 4.78 is 25.4. The second-order valence-corrected chi connectivity index (χ2v) is 10.5. The molecule has 2 amide bonds. The van der Waals surface area contributed by atoms with Crippen LogP contribution in [0.3, 0.4) is 0 Å². The number of benzene rings is 2. The lowest BCUT2D eigenvalue weighted by Gasteiger charge is -2.27. The molecule has 0 unspecified atom stereocenters. The summed E-state index contributed by atoms with van der Waals surface area (Å²) in [4.78, 5) is 25.1. The monoisotopic (exact) mass is 441 g/mol. The lowest BCUT2D eigenvalue weighted by atomic mass is 10.1. The summed E-state index contributed by atoms with van der Waals surface area (Å²) in [6.45, 7) is 1.87. The molecular weight excluding hydrogens is 414 g/mol. The van der Waals surface area contributed by atoms with Crippen LogP contribution in [0.1, 0.15) is 47.2 Å². The van der Waals surface area contributed by atoms with E-state index >= 15 is 0 Å². The molecule has 0 spiro atoms. The summed E-state index contributed by atoms with van der Waals surface area (Å²) >= 11 is 0. The van der Waals surface area contributed by atoms with E-state index in [4.69, 9.17) is 0 Å². The highest BCUT2D eigenvalue weighted by Gasteiger charge is 2.31. The average molecular weight is 442 g/mol. The van der Waals surface area contributed by atoms with Crippen LogP contribution in [-0.4, -0.2) is 38.1 Å². The molecule has 2 aromatic carbocycles. The molecule has 7 nitrogen and oxygen atoms in total. The van der Waals surface area contributed by atoms with Crippen molar-refractivity contribution in [1.82, 2.24) is 5.32 Å². The van der Waals surface area contributed by atoms with Gasteiger partial charge in [0.05, 0.1) is 22.9 Å². The Kier molecular flexibility index (Phi) is 6.00. The number of sulfone groups is 1. The van der Waals surface area contributed by atoms with Crippen molar-refractivity contribution in [3.05, 3.63) is 59.2 Å². The van der Waals surface area contributed by atoms with E-state index in [1.165, 1.54) is 0 Å². The molecule has 1 fully saturated rings. The molecule has 0 radical (unpaired) electrons. The molecule has 2 aromatic rings. The molecule has 0 saturated heterocycles. The van der Waals surface area contributed by atoms with Crippen LogP contribution in [0.2, 0.25) is 0 Å². The lowest BCUT2D eigenvalue weighted by molar-refractivity contribution is -0.116. The first kappa shape index (κ1) is 21.4. The molecule has 0 bridgehead atoms. The zero-order valence-electron chi connectivity index (χ0n) is 17.5. The standard InChI is InChI=1S/C23H27N3O4S/c1-15-6-2-3-7-17(15)13-31(29,30)14-21-23(28)26-20-12-16(10-11-19(20)25-21)22(27)24-18-8-4-5-9-18/h2-3,6-7,10-12,18,21,25H,4-5,8-9,13-14H2,1H3,(H,24,27)(H,26,28)/t21-/m0/s1. The summed E-state index contributed by atoms with van der Waals surface area (Å²) in [7, 11) is -3.51. The predicted molar refractivity (Wildman–Crippen MR) is 121 cm³/mol. The van der Waals surface area contributed by atoms with Gasteiger partial charge in [-0.05, 0) is 49.1 Å². The average Bonchev–Trinajstić information content (AvgIpc) is 3.22. The molecule has 1 aliphatic heterocycles. The van der Waals surface area contributed by atoms with Gasteiger partial charge in [-0.25, -0.2) is 8.42 Å². The minimum absolute atomic E-state index is 0.113. The van der Waals surface area contributed by atoms with E-state index < -0.39 is 21.8 Å². The number of rotatable bonds is 6. The summed E-state index contributed by atoms with van der Waals surface area (Å²) in [6.07, 6.45) is 4.24. The highest BCUT2D eigenvalue weighted by molar-refractivity contribution is 7.90. The highest BCUT2D eigenvalue weighted by Crippen LogP contribution is 2.29. The summed E-state index contributed by atoms with van der Waals surface area (Å²) in [5.74, 6) is -1.00. The van der Waals surface area contributed by atoms with Gasteiger partial charge in [-0.2, -0.15) is 0 Å². The molecule has 1 atom stereocenters. The third-order valence-corrected chi connectivity index (χ3v) is 7.53. The number of amides is 2. The molecule has 1 heterocycles. The number of hydrogen-bond donors (Lipinski definition) is 3. The van der Waals surface area contributed by atoms with E-state index in [0.29, 0.717) is 16.9 Å². The SMILES string of the molecule is Cc1ccccc1CS(=O)(=O)C[C@@H]1Nc2ccc(C(=O)NC3CCCC3)cc2NC1=O. The van der Waals surface area contributed by atoms with Gasteiger partial charge in [0.2, 0.25) is 5.91 Å². The number of carbonyl (C=O) groups is 2. The maximum atomic E-state index is 12.7. The Bertz CT molecular complexity index is 1110. The minimum atomic E-state index is -3.51. The van der Waals surface area contributed by atoms with Gasteiger partial charge < -0.3 is 16.0 Å². The maximum absolute atomic E-state index is 12.7. The van der Waals surface area contributed by atoms with Crippen LogP contribution in [-0.2, 0) is 20.4 Å². The van der Waals surface area contributed by atoms with Gasteiger partial charge in [0.15, 0.2) is 9.84 Å². The molecule has 4 rings (SSSR count). The van der Waals surface area contributed by atoms with Gasteiger partial charge in [0.25, 0.3) is 5.91 Å². The van der Waals surface area contributed by atoms with Crippen molar-refractivity contribution in [2.45, 2.75) is 50.4 Å².